The molecule has 0 saturated heterocycles. The molecule has 7 heteroatoms. The molecular formula is C20H25BrFN3O2. The maximum atomic E-state index is 13.9. The summed E-state index contributed by atoms with van der Waals surface area (Å²) in [5, 5.41) is 0. The van der Waals surface area contributed by atoms with Gasteiger partial charge in [0.1, 0.15) is 12.4 Å². The van der Waals surface area contributed by atoms with Crippen LogP contribution in [0.4, 0.5) is 21.5 Å². The Balaban J connectivity index is 0.00000261. The predicted molar refractivity (Wildman–Crippen MR) is 111 cm³/mol. The van der Waals surface area contributed by atoms with E-state index in [4.69, 9.17) is 10.5 Å². The number of benzene rings is 2. The Morgan fingerprint density at radius 1 is 1.15 bits per heavy atom. The summed E-state index contributed by atoms with van der Waals surface area (Å²) >= 11 is 0. The predicted octanol–water partition coefficient (Wildman–Crippen LogP) is 4.09. The van der Waals surface area contributed by atoms with E-state index in [0.29, 0.717) is 5.69 Å². The van der Waals surface area contributed by atoms with Gasteiger partial charge in [0.05, 0.1) is 23.7 Å². The van der Waals surface area contributed by atoms with Gasteiger partial charge >= 0.3 is 5.97 Å². The van der Waals surface area contributed by atoms with Crippen LogP contribution in [0.5, 0.6) is 0 Å². The van der Waals surface area contributed by atoms with E-state index in [1.165, 1.54) is 17.7 Å². The third kappa shape index (κ3) is 3.94. The van der Waals surface area contributed by atoms with Gasteiger partial charge in [-0.3, -0.25) is 10.5 Å². The molecule has 0 radical (unpaired) electrons. The number of carbonyl (C=O) groups excluding carboxylic acids is 1. The Hall–Kier alpha value is -2.12. The Labute approximate surface area is 169 Å². The van der Waals surface area contributed by atoms with E-state index < -0.39 is 12.3 Å². The van der Waals surface area contributed by atoms with Crippen molar-refractivity contribution in [1.29, 1.82) is 0 Å². The minimum absolute atomic E-state index is 0. The maximum Gasteiger partial charge on any atom is 0.325 e. The zero-order chi connectivity index (χ0) is 19.0. The fourth-order valence-electron chi connectivity index (χ4n) is 3.68. The highest BCUT2D eigenvalue weighted by Crippen LogP contribution is 2.45. The topological polar surface area (TPSA) is 58.8 Å². The number of nitrogens with two attached hydrogens (primary N) is 1. The SMILES string of the molecule is Br.CCOC(=O)CN1c2cc(F)ccc2N(c2c(C)cc(C)cc2C)C1N. The van der Waals surface area contributed by atoms with Crippen LogP contribution in [0.1, 0.15) is 23.6 Å². The summed E-state index contributed by atoms with van der Waals surface area (Å²) in [4.78, 5) is 15.7. The molecule has 1 atom stereocenters. The Bertz CT molecular complexity index is 836. The first kappa shape index (κ1) is 21.2. The molecule has 1 heterocycles. The number of ether oxygens (including phenoxy) is 1. The molecule has 3 rings (SSSR count). The second-order valence-corrected chi connectivity index (χ2v) is 6.60. The summed E-state index contributed by atoms with van der Waals surface area (Å²) < 4.78 is 18.9. The molecule has 5 nitrogen and oxygen atoms in total. The van der Waals surface area contributed by atoms with Crippen LogP contribution in [-0.4, -0.2) is 25.4 Å². The highest BCUT2D eigenvalue weighted by molar-refractivity contribution is 8.93. The van der Waals surface area contributed by atoms with E-state index in [0.717, 1.165) is 22.5 Å². The van der Waals surface area contributed by atoms with Gasteiger partial charge in [-0.2, -0.15) is 0 Å². The van der Waals surface area contributed by atoms with Gasteiger partial charge in [-0.1, -0.05) is 17.7 Å². The van der Waals surface area contributed by atoms with Crippen molar-refractivity contribution in [2.24, 2.45) is 5.73 Å². The molecule has 27 heavy (non-hydrogen) atoms. The van der Waals surface area contributed by atoms with Crippen LogP contribution in [-0.2, 0) is 9.53 Å². The van der Waals surface area contributed by atoms with Crippen molar-refractivity contribution >= 4 is 40.0 Å². The summed E-state index contributed by atoms with van der Waals surface area (Å²) in [5.74, 6) is -0.763. The van der Waals surface area contributed by atoms with Crippen molar-refractivity contribution in [3.63, 3.8) is 0 Å². The lowest BCUT2D eigenvalue weighted by molar-refractivity contribution is -0.141. The molecular weight excluding hydrogens is 413 g/mol. The molecule has 0 fully saturated rings. The van der Waals surface area contributed by atoms with E-state index in [1.807, 2.05) is 25.7 Å². The first-order valence-electron chi connectivity index (χ1n) is 8.68. The van der Waals surface area contributed by atoms with Gasteiger partial charge in [0.2, 0.25) is 0 Å². The molecule has 0 saturated carbocycles. The first-order valence-corrected chi connectivity index (χ1v) is 8.68. The van der Waals surface area contributed by atoms with Crippen molar-refractivity contribution in [1.82, 2.24) is 0 Å². The standard InChI is InChI=1S/C20H24FN3O2.BrH/c1-5-26-18(25)11-23-17-10-15(21)6-7-16(17)24(20(23)22)19-13(3)8-12(2)9-14(19)4;/h6-10,20H,5,11,22H2,1-4H3;1H. The second-order valence-electron chi connectivity index (χ2n) is 6.60. The van der Waals surface area contributed by atoms with Gasteiger partial charge < -0.3 is 14.5 Å². The Kier molecular flexibility index (Phi) is 6.49. The summed E-state index contributed by atoms with van der Waals surface area (Å²) in [6.45, 7) is 8.10. The number of aryl methyl sites for hydroxylation is 3. The third-order valence-corrected chi connectivity index (χ3v) is 4.57. The largest absolute Gasteiger partial charge is 0.465 e. The molecule has 0 amide bonds. The van der Waals surface area contributed by atoms with Crippen molar-refractivity contribution in [2.45, 2.75) is 34.0 Å². The average molecular weight is 438 g/mol. The highest BCUT2D eigenvalue weighted by Gasteiger charge is 2.37. The van der Waals surface area contributed by atoms with Crippen molar-refractivity contribution in [2.75, 3.05) is 23.0 Å². The summed E-state index contributed by atoms with van der Waals surface area (Å²) in [5.41, 5.74) is 12.2. The van der Waals surface area contributed by atoms with Gasteiger partial charge in [-0.15, -0.1) is 17.0 Å². The zero-order valence-corrected chi connectivity index (χ0v) is 17.7. The number of anilines is 3. The van der Waals surface area contributed by atoms with E-state index in [2.05, 4.69) is 12.1 Å². The summed E-state index contributed by atoms with van der Waals surface area (Å²) in [6.07, 6.45) is -0.628. The molecule has 0 aromatic heterocycles. The molecule has 2 aromatic carbocycles. The first-order chi connectivity index (χ1) is 12.3. The fourth-order valence-corrected chi connectivity index (χ4v) is 3.68. The zero-order valence-electron chi connectivity index (χ0n) is 16.0. The van der Waals surface area contributed by atoms with Gasteiger partial charge in [0.15, 0.2) is 6.29 Å². The molecule has 1 aliphatic rings. The number of hydrogen-bond donors (Lipinski definition) is 1. The average Bonchev–Trinajstić information content (AvgIpc) is 2.80. The van der Waals surface area contributed by atoms with Crippen LogP contribution in [0.2, 0.25) is 0 Å². The molecule has 1 unspecified atom stereocenters. The fraction of sp³-hybridized carbons (Fsp3) is 0.350. The van der Waals surface area contributed by atoms with Gasteiger partial charge in [0, 0.05) is 0 Å². The number of rotatable bonds is 4. The van der Waals surface area contributed by atoms with Crippen molar-refractivity contribution in [3.8, 4) is 0 Å². The highest BCUT2D eigenvalue weighted by atomic mass is 79.9. The lowest BCUT2D eigenvalue weighted by atomic mass is 10.0. The lowest BCUT2D eigenvalue weighted by Crippen LogP contribution is -2.50. The number of hydrogen-bond acceptors (Lipinski definition) is 5. The normalized spacial score (nSPS) is 15.4. The maximum absolute atomic E-state index is 13.9. The molecule has 0 bridgehead atoms. The minimum Gasteiger partial charge on any atom is -0.465 e. The monoisotopic (exact) mass is 437 g/mol. The van der Waals surface area contributed by atoms with Gasteiger partial charge in [-0.25, -0.2) is 4.39 Å². The van der Waals surface area contributed by atoms with Crippen molar-refractivity contribution < 1.29 is 13.9 Å². The number of nitrogens with zero attached hydrogens (tertiary/aromatic N) is 2. The van der Waals surface area contributed by atoms with E-state index in [-0.39, 0.29) is 36.0 Å². The molecule has 146 valence electrons. The van der Waals surface area contributed by atoms with Crippen LogP contribution in [0.15, 0.2) is 30.3 Å². The summed E-state index contributed by atoms with van der Waals surface area (Å²) in [6, 6.07) is 8.70. The molecule has 0 aliphatic carbocycles. The summed E-state index contributed by atoms with van der Waals surface area (Å²) in [7, 11) is 0. The number of fused-ring (bicyclic) bond motifs is 1. The van der Waals surface area contributed by atoms with Gasteiger partial charge in [0.25, 0.3) is 0 Å². The van der Waals surface area contributed by atoms with Crippen LogP contribution < -0.4 is 15.5 Å². The van der Waals surface area contributed by atoms with E-state index in [1.54, 1.807) is 17.9 Å². The Morgan fingerprint density at radius 2 is 1.78 bits per heavy atom. The van der Waals surface area contributed by atoms with E-state index in [9.17, 15) is 9.18 Å². The van der Waals surface area contributed by atoms with Gasteiger partial charge in [-0.05, 0) is 57.0 Å². The lowest BCUT2D eigenvalue weighted by Gasteiger charge is -2.31. The molecule has 2 aromatic rings. The number of carbonyl (C=O) groups is 1. The smallest absolute Gasteiger partial charge is 0.325 e. The minimum atomic E-state index is -0.628. The van der Waals surface area contributed by atoms with Crippen LogP contribution >= 0.6 is 17.0 Å². The van der Waals surface area contributed by atoms with Crippen molar-refractivity contribution in [3.05, 3.63) is 52.8 Å². The number of esters is 1. The van der Waals surface area contributed by atoms with E-state index >= 15 is 0 Å². The van der Waals surface area contributed by atoms with Crippen LogP contribution in [0.3, 0.4) is 0 Å². The number of halogens is 2. The molecule has 2 N–H and O–H groups in total. The van der Waals surface area contributed by atoms with Crippen LogP contribution in [0, 0.1) is 26.6 Å². The second kappa shape index (κ2) is 8.27. The Morgan fingerprint density at radius 3 is 2.37 bits per heavy atom. The van der Waals surface area contributed by atoms with Crippen LogP contribution in [0.25, 0.3) is 0 Å². The third-order valence-electron chi connectivity index (χ3n) is 4.57. The molecule has 0 spiro atoms. The molecule has 1 aliphatic heterocycles. The quantitative estimate of drug-likeness (QED) is 0.729.